The molecule has 140 valence electrons. The van der Waals surface area contributed by atoms with Gasteiger partial charge in [0.05, 0.1) is 9.21 Å². The molecule has 26 heavy (non-hydrogen) atoms. The second-order valence-corrected chi connectivity index (χ2v) is 8.60. The van der Waals surface area contributed by atoms with Crippen molar-refractivity contribution in [2.75, 3.05) is 5.32 Å². The van der Waals surface area contributed by atoms with Crippen molar-refractivity contribution in [2.45, 2.75) is 50.0 Å². The number of alkyl halides is 2. The van der Waals surface area contributed by atoms with Crippen LogP contribution in [0.25, 0.3) is 10.6 Å². The molecule has 2 fully saturated rings. The highest BCUT2D eigenvalue weighted by molar-refractivity contribution is 7.19. The summed E-state index contributed by atoms with van der Waals surface area (Å²) < 4.78 is 33.2. The Morgan fingerprint density at radius 2 is 2.15 bits per heavy atom. The molecule has 0 bridgehead atoms. The Morgan fingerprint density at radius 1 is 1.42 bits per heavy atom. The lowest BCUT2D eigenvalue weighted by molar-refractivity contribution is -0.142. The highest BCUT2D eigenvalue weighted by Crippen LogP contribution is 2.46. The Balaban J connectivity index is 1.57. The van der Waals surface area contributed by atoms with Crippen LogP contribution in [0.15, 0.2) is 12.1 Å². The van der Waals surface area contributed by atoms with Crippen LogP contribution in [-0.4, -0.2) is 27.9 Å². The van der Waals surface area contributed by atoms with Gasteiger partial charge in [-0.2, -0.15) is 5.10 Å². The number of hydrogen-bond acceptors (Lipinski definition) is 4. The van der Waals surface area contributed by atoms with E-state index in [1.54, 1.807) is 11.7 Å². The number of hydrogen-bond donors (Lipinski definition) is 1. The fourth-order valence-corrected chi connectivity index (χ4v) is 4.41. The second kappa shape index (κ2) is 6.49. The van der Waals surface area contributed by atoms with E-state index in [-0.39, 0.29) is 0 Å². The minimum atomic E-state index is -2.72. The van der Waals surface area contributed by atoms with Crippen molar-refractivity contribution in [2.24, 2.45) is 7.05 Å². The first-order valence-electron chi connectivity index (χ1n) is 8.50. The monoisotopic (exact) mass is 401 g/mol. The van der Waals surface area contributed by atoms with E-state index in [9.17, 15) is 13.6 Å². The minimum absolute atomic E-state index is 0.308. The van der Waals surface area contributed by atoms with E-state index in [1.165, 1.54) is 11.3 Å². The molecule has 0 spiro atoms. The van der Waals surface area contributed by atoms with Gasteiger partial charge in [0.1, 0.15) is 17.6 Å². The average Bonchev–Trinajstić information content (AvgIpc) is 3.02. The largest absolute Gasteiger partial charge is 0.445 e. The topological polar surface area (TPSA) is 56.2 Å². The van der Waals surface area contributed by atoms with E-state index in [4.69, 9.17) is 16.3 Å². The van der Waals surface area contributed by atoms with Crippen molar-refractivity contribution in [1.29, 1.82) is 0 Å². The fourth-order valence-electron chi connectivity index (χ4n) is 3.36. The molecule has 2 heterocycles. The fraction of sp³-hybridized carbons (Fsp3) is 0.529. The Bertz CT molecular complexity index is 839. The van der Waals surface area contributed by atoms with Gasteiger partial charge in [-0.1, -0.05) is 18.0 Å². The molecule has 1 N–H and O–H groups in total. The lowest BCUT2D eigenvalue weighted by Crippen LogP contribution is -2.43. The van der Waals surface area contributed by atoms with Gasteiger partial charge in [0, 0.05) is 25.5 Å². The zero-order valence-corrected chi connectivity index (χ0v) is 15.7. The quantitative estimate of drug-likeness (QED) is 0.744. The Morgan fingerprint density at radius 3 is 2.69 bits per heavy atom. The van der Waals surface area contributed by atoms with Crippen LogP contribution < -0.4 is 5.32 Å². The number of nitrogens with one attached hydrogen (secondary N) is 1. The molecule has 5 nitrogen and oxygen atoms in total. The zero-order valence-electron chi connectivity index (χ0n) is 14.1. The molecular weight excluding hydrogens is 384 g/mol. The highest BCUT2D eigenvalue weighted by Gasteiger charge is 2.47. The van der Waals surface area contributed by atoms with Gasteiger partial charge in [-0.15, -0.1) is 11.3 Å². The minimum Gasteiger partial charge on any atom is -0.445 e. The summed E-state index contributed by atoms with van der Waals surface area (Å²) in [6.07, 6.45) is 0.893. The molecule has 0 atom stereocenters. The van der Waals surface area contributed by atoms with Crippen LogP contribution in [0.4, 0.5) is 19.4 Å². The molecule has 0 aliphatic heterocycles. The number of thiophene rings is 1. The van der Waals surface area contributed by atoms with Gasteiger partial charge in [0.15, 0.2) is 0 Å². The van der Waals surface area contributed by atoms with Gasteiger partial charge in [-0.05, 0) is 30.9 Å². The molecular formula is C17H18ClF2N3O2S. The summed E-state index contributed by atoms with van der Waals surface area (Å²) >= 11 is 7.49. The van der Waals surface area contributed by atoms with Crippen LogP contribution in [-0.2, 0) is 11.8 Å². The summed E-state index contributed by atoms with van der Waals surface area (Å²) in [5.41, 5.74) is 1.77. The number of anilines is 1. The molecule has 0 unspecified atom stereocenters. The molecule has 9 heteroatoms. The number of halogens is 3. The third-order valence-corrected chi connectivity index (χ3v) is 6.19. The number of carbonyl (C=O) groups is 1. The first-order chi connectivity index (χ1) is 12.3. The third kappa shape index (κ3) is 3.32. The summed E-state index contributed by atoms with van der Waals surface area (Å²) in [4.78, 5) is 13.1. The van der Waals surface area contributed by atoms with E-state index in [0.717, 1.165) is 35.4 Å². The number of aryl methyl sites for hydroxylation is 1. The summed E-state index contributed by atoms with van der Waals surface area (Å²) in [7, 11) is 1.74. The maximum absolute atomic E-state index is 12.9. The molecule has 2 aliphatic carbocycles. The van der Waals surface area contributed by atoms with E-state index in [1.807, 2.05) is 12.1 Å². The van der Waals surface area contributed by atoms with Crippen molar-refractivity contribution >= 4 is 34.8 Å². The maximum Gasteiger partial charge on any atom is 0.413 e. The van der Waals surface area contributed by atoms with Crippen molar-refractivity contribution in [3.05, 3.63) is 22.0 Å². The standard InChI is InChI=1S/C17H18ClF2N3O2S/c1-23-15(21-16(24)25-10-7-17(19,20)8-10)13(9-3-2-4-9)14(22-23)11-5-6-12(18)26-11/h5-6,9-10H,2-4,7-8H2,1H3,(H,21,24). The number of carbonyl (C=O) groups excluding carboxylic acids is 1. The van der Waals surface area contributed by atoms with Gasteiger partial charge in [-0.25, -0.2) is 13.6 Å². The highest BCUT2D eigenvalue weighted by atomic mass is 35.5. The maximum atomic E-state index is 12.9. The van der Waals surface area contributed by atoms with Crippen LogP contribution in [0.2, 0.25) is 4.34 Å². The van der Waals surface area contributed by atoms with Crippen molar-refractivity contribution in [3.8, 4) is 10.6 Å². The van der Waals surface area contributed by atoms with Gasteiger partial charge < -0.3 is 4.74 Å². The molecule has 2 saturated carbocycles. The van der Waals surface area contributed by atoms with E-state index in [2.05, 4.69) is 10.4 Å². The Kier molecular flexibility index (Phi) is 4.43. The first-order valence-corrected chi connectivity index (χ1v) is 9.70. The smallest absolute Gasteiger partial charge is 0.413 e. The van der Waals surface area contributed by atoms with Crippen LogP contribution in [0, 0.1) is 0 Å². The lowest BCUT2D eigenvalue weighted by Gasteiger charge is -2.34. The van der Waals surface area contributed by atoms with Gasteiger partial charge in [0.25, 0.3) is 5.92 Å². The summed E-state index contributed by atoms with van der Waals surface area (Å²) in [6.45, 7) is 0. The Hall–Kier alpha value is -1.67. The van der Waals surface area contributed by atoms with Crippen molar-refractivity contribution in [1.82, 2.24) is 9.78 Å². The number of amides is 1. The second-order valence-electron chi connectivity index (χ2n) is 6.88. The van der Waals surface area contributed by atoms with Crippen LogP contribution in [0.3, 0.4) is 0 Å². The predicted octanol–water partition coefficient (Wildman–Crippen LogP) is 5.42. The summed E-state index contributed by atoms with van der Waals surface area (Å²) in [5.74, 6) is -1.85. The number of aromatic nitrogens is 2. The van der Waals surface area contributed by atoms with Crippen molar-refractivity contribution in [3.63, 3.8) is 0 Å². The Labute approximate surface area is 158 Å². The van der Waals surface area contributed by atoms with Crippen LogP contribution in [0.5, 0.6) is 0 Å². The van der Waals surface area contributed by atoms with E-state index < -0.39 is 31.0 Å². The molecule has 4 rings (SSSR count). The van der Waals surface area contributed by atoms with E-state index >= 15 is 0 Å². The molecule has 0 radical (unpaired) electrons. The van der Waals surface area contributed by atoms with Crippen LogP contribution in [0.1, 0.15) is 43.6 Å². The normalized spacial score (nSPS) is 19.7. The molecule has 2 aromatic heterocycles. The summed E-state index contributed by atoms with van der Waals surface area (Å²) in [6, 6.07) is 3.73. The molecule has 0 aromatic carbocycles. The summed E-state index contributed by atoms with van der Waals surface area (Å²) in [5, 5.41) is 7.28. The molecule has 2 aliphatic rings. The third-order valence-electron chi connectivity index (χ3n) is 4.95. The number of rotatable bonds is 4. The van der Waals surface area contributed by atoms with Crippen LogP contribution >= 0.6 is 22.9 Å². The van der Waals surface area contributed by atoms with Gasteiger partial charge in [0.2, 0.25) is 0 Å². The molecule has 1 amide bonds. The molecule has 0 saturated heterocycles. The van der Waals surface area contributed by atoms with Gasteiger partial charge in [-0.3, -0.25) is 10.00 Å². The SMILES string of the molecule is Cn1nc(-c2ccc(Cl)s2)c(C2CCC2)c1NC(=O)OC1CC(F)(F)C1. The first kappa shape index (κ1) is 17.7. The van der Waals surface area contributed by atoms with Crippen molar-refractivity contribution < 1.29 is 18.3 Å². The zero-order chi connectivity index (χ0) is 18.5. The average molecular weight is 402 g/mol. The number of ether oxygens (including phenoxy) is 1. The lowest BCUT2D eigenvalue weighted by atomic mass is 9.79. The number of nitrogens with zero attached hydrogens (tertiary/aromatic N) is 2. The molecule has 2 aromatic rings. The van der Waals surface area contributed by atoms with Gasteiger partial charge >= 0.3 is 6.09 Å². The van der Waals surface area contributed by atoms with E-state index in [0.29, 0.717) is 16.1 Å². The predicted molar refractivity (Wildman–Crippen MR) is 96.2 cm³/mol.